The van der Waals surface area contributed by atoms with Crippen molar-refractivity contribution in [2.45, 2.75) is 19.9 Å². The number of nitrogens with zero attached hydrogens (tertiary/aromatic N) is 2. The van der Waals surface area contributed by atoms with E-state index in [2.05, 4.69) is 10.3 Å². The van der Waals surface area contributed by atoms with Crippen LogP contribution in [0.2, 0.25) is 0 Å². The molecule has 0 unspecified atom stereocenters. The molecule has 0 aliphatic heterocycles. The van der Waals surface area contributed by atoms with Crippen LogP contribution >= 0.6 is 34.2 Å². The van der Waals surface area contributed by atoms with Gasteiger partial charge in [0, 0.05) is 38.4 Å². The van der Waals surface area contributed by atoms with Gasteiger partial charge in [0.1, 0.15) is 11.6 Å². The number of nitrogens with one attached hydrogen (secondary N) is 1. The standard InChI is InChI=1S/C13H14ClFIN3O/c1-8(20)17-4-5-19-12-6-9(15)10(16)7-11(12)18-13(19)2-3-14/h6-7H,2-5H2,1H3,(H,17,20). The first kappa shape index (κ1) is 15.5. The molecule has 20 heavy (non-hydrogen) atoms. The number of hydrogen-bond acceptors (Lipinski definition) is 2. The average Bonchev–Trinajstić information content (AvgIpc) is 2.68. The lowest BCUT2D eigenvalue weighted by atomic mass is 10.3. The van der Waals surface area contributed by atoms with Crippen molar-refractivity contribution in [1.82, 2.24) is 14.9 Å². The number of amides is 1. The molecule has 0 saturated carbocycles. The normalized spacial score (nSPS) is 11.0. The maximum atomic E-state index is 13.7. The zero-order valence-corrected chi connectivity index (χ0v) is 13.8. The molecule has 108 valence electrons. The number of alkyl halides is 1. The molecule has 0 fully saturated rings. The van der Waals surface area contributed by atoms with Gasteiger partial charge >= 0.3 is 0 Å². The van der Waals surface area contributed by atoms with Crippen molar-refractivity contribution < 1.29 is 9.18 Å². The molecule has 1 aromatic carbocycles. The molecule has 0 saturated heterocycles. The maximum Gasteiger partial charge on any atom is 0.216 e. The Bertz CT molecular complexity index is 644. The predicted molar refractivity (Wildman–Crippen MR) is 85.5 cm³/mol. The summed E-state index contributed by atoms with van der Waals surface area (Å²) in [4.78, 5) is 15.4. The van der Waals surface area contributed by atoms with Gasteiger partial charge in [-0.25, -0.2) is 9.37 Å². The molecule has 1 N–H and O–H groups in total. The van der Waals surface area contributed by atoms with Crippen molar-refractivity contribution in [3.05, 3.63) is 27.3 Å². The molecular weight excluding hydrogens is 396 g/mol. The van der Waals surface area contributed by atoms with E-state index in [0.29, 0.717) is 29.0 Å². The van der Waals surface area contributed by atoms with Crippen molar-refractivity contribution in [2.75, 3.05) is 12.4 Å². The maximum absolute atomic E-state index is 13.7. The zero-order valence-electron chi connectivity index (χ0n) is 10.9. The predicted octanol–water partition coefficient (Wildman–Crippen LogP) is 2.70. The molecule has 0 aliphatic carbocycles. The molecule has 0 spiro atoms. The minimum absolute atomic E-state index is 0.0888. The van der Waals surface area contributed by atoms with Crippen molar-refractivity contribution >= 4 is 51.1 Å². The van der Waals surface area contributed by atoms with Crippen molar-refractivity contribution in [1.29, 1.82) is 0 Å². The molecule has 2 aromatic rings. The Labute approximate surface area is 134 Å². The van der Waals surface area contributed by atoms with E-state index in [0.717, 1.165) is 16.9 Å². The van der Waals surface area contributed by atoms with E-state index in [4.69, 9.17) is 11.6 Å². The molecule has 4 nitrogen and oxygen atoms in total. The Kier molecular flexibility index (Phi) is 5.20. The van der Waals surface area contributed by atoms with Gasteiger partial charge in [0.25, 0.3) is 0 Å². The van der Waals surface area contributed by atoms with Gasteiger partial charge in [0.2, 0.25) is 5.91 Å². The van der Waals surface area contributed by atoms with Crippen LogP contribution in [0, 0.1) is 9.39 Å². The molecule has 0 bridgehead atoms. The zero-order chi connectivity index (χ0) is 14.7. The fourth-order valence-corrected chi connectivity index (χ4v) is 2.66. The van der Waals surface area contributed by atoms with Gasteiger partial charge in [-0.1, -0.05) is 0 Å². The van der Waals surface area contributed by atoms with Crippen LogP contribution in [0.15, 0.2) is 12.1 Å². The Hall–Kier alpha value is -0.890. The second kappa shape index (κ2) is 6.71. The first-order valence-electron chi connectivity index (χ1n) is 6.17. The van der Waals surface area contributed by atoms with Gasteiger partial charge in [-0.05, 0) is 28.7 Å². The van der Waals surface area contributed by atoms with Crippen LogP contribution in [0.4, 0.5) is 4.39 Å². The lowest BCUT2D eigenvalue weighted by molar-refractivity contribution is -0.118. The Balaban J connectivity index is 2.39. The number of rotatable bonds is 5. The van der Waals surface area contributed by atoms with E-state index in [-0.39, 0.29) is 11.7 Å². The highest BCUT2D eigenvalue weighted by Crippen LogP contribution is 2.22. The summed E-state index contributed by atoms with van der Waals surface area (Å²) in [6.45, 7) is 2.49. The van der Waals surface area contributed by atoms with Crippen LogP contribution < -0.4 is 5.32 Å². The fourth-order valence-electron chi connectivity index (χ4n) is 2.04. The number of carbonyl (C=O) groups is 1. The van der Waals surface area contributed by atoms with Crippen LogP contribution in [-0.2, 0) is 17.8 Å². The lowest BCUT2D eigenvalue weighted by Crippen LogP contribution is -2.25. The molecule has 0 radical (unpaired) electrons. The van der Waals surface area contributed by atoms with Crippen molar-refractivity contribution in [3.63, 3.8) is 0 Å². The fraction of sp³-hybridized carbons (Fsp3) is 0.385. The molecule has 1 aromatic heterocycles. The van der Waals surface area contributed by atoms with Crippen LogP contribution in [0.3, 0.4) is 0 Å². The molecule has 2 rings (SSSR count). The topological polar surface area (TPSA) is 46.9 Å². The molecule has 7 heteroatoms. The molecule has 0 aliphatic rings. The molecular formula is C13H14ClFIN3O. The summed E-state index contributed by atoms with van der Waals surface area (Å²) in [5.41, 5.74) is 1.48. The van der Waals surface area contributed by atoms with Crippen LogP contribution in [0.25, 0.3) is 11.0 Å². The highest BCUT2D eigenvalue weighted by molar-refractivity contribution is 14.1. The highest BCUT2D eigenvalue weighted by Gasteiger charge is 2.13. The summed E-state index contributed by atoms with van der Waals surface area (Å²) in [6, 6.07) is 3.20. The van der Waals surface area contributed by atoms with Gasteiger partial charge in [-0.3, -0.25) is 4.79 Å². The third kappa shape index (κ3) is 3.41. The van der Waals surface area contributed by atoms with E-state index in [9.17, 15) is 9.18 Å². The van der Waals surface area contributed by atoms with Crippen LogP contribution in [-0.4, -0.2) is 27.9 Å². The van der Waals surface area contributed by atoms with E-state index < -0.39 is 0 Å². The highest BCUT2D eigenvalue weighted by atomic mass is 127. The van der Waals surface area contributed by atoms with Gasteiger partial charge in [0.15, 0.2) is 0 Å². The van der Waals surface area contributed by atoms with E-state index in [1.165, 1.54) is 13.0 Å². The Morgan fingerprint density at radius 3 is 2.95 bits per heavy atom. The van der Waals surface area contributed by atoms with Gasteiger partial charge in [-0.2, -0.15) is 0 Å². The number of benzene rings is 1. The summed E-state index contributed by atoms with van der Waals surface area (Å²) in [5.74, 6) is 0.898. The van der Waals surface area contributed by atoms with Crippen molar-refractivity contribution in [3.8, 4) is 0 Å². The summed E-state index contributed by atoms with van der Waals surface area (Å²) in [7, 11) is 0. The van der Waals surface area contributed by atoms with Crippen molar-refractivity contribution in [2.24, 2.45) is 0 Å². The summed E-state index contributed by atoms with van der Waals surface area (Å²) in [6.07, 6.45) is 0.606. The number of aromatic nitrogens is 2. The average molecular weight is 410 g/mol. The summed E-state index contributed by atoms with van der Waals surface area (Å²) < 4.78 is 16.2. The number of carbonyl (C=O) groups excluding carboxylic acids is 1. The Morgan fingerprint density at radius 1 is 1.55 bits per heavy atom. The number of halogens is 3. The molecule has 0 atom stereocenters. The second-order valence-electron chi connectivity index (χ2n) is 4.36. The van der Waals surface area contributed by atoms with E-state index >= 15 is 0 Å². The molecule has 1 heterocycles. The van der Waals surface area contributed by atoms with Gasteiger partial charge in [0.05, 0.1) is 14.6 Å². The van der Waals surface area contributed by atoms with Crippen LogP contribution in [0.1, 0.15) is 12.7 Å². The van der Waals surface area contributed by atoms with Gasteiger partial charge in [-0.15, -0.1) is 11.6 Å². The quantitative estimate of drug-likeness (QED) is 0.610. The number of imidazole rings is 1. The van der Waals surface area contributed by atoms with Gasteiger partial charge < -0.3 is 9.88 Å². The second-order valence-corrected chi connectivity index (χ2v) is 5.90. The third-order valence-electron chi connectivity index (χ3n) is 2.90. The third-order valence-corrected chi connectivity index (χ3v) is 3.91. The van der Waals surface area contributed by atoms with E-state index in [1.807, 2.05) is 27.2 Å². The lowest BCUT2D eigenvalue weighted by Gasteiger charge is -2.09. The minimum Gasteiger partial charge on any atom is -0.355 e. The van der Waals surface area contributed by atoms with E-state index in [1.54, 1.807) is 6.07 Å². The number of hydrogen-bond donors (Lipinski definition) is 1. The summed E-state index contributed by atoms with van der Waals surface area (Å²) in [5, 5.41) is 2.73. The number of fused-ring (bicyclic) bond motifs is 1. The number of aryl methyl sites for hydroxylation is 1. The molecule has 1 amide bonds. The van der Waals surface area contributed by atoms with Crippen LogP contribution in [0.5, 0.6) is 0 Å². The smallest absolute Gasteiger partial charge is 0.216 e. The largest absolute Gasteiger partial charge is 0.355 e. The monoisotopic (exact) mass is 409 g/mol. The first-order chi connectivity index (χ1) is 9.52. The SMILES string of the molecule is CC(=O)NCCn1c(CCCl)nc2cc(I)c(F)cc21. The summed E-state index contributed by atoms with van der Waals surface area (Å²) >= 11 is 7.73. The first-order valence-corrected chi connectivity index (χ1v) is 7.79. The minimum atomic E-state index is -0.267. The Morgan fingerprint density at radius 2 is 2.30 bits per heavy atom.